The molecule has 2 heterocycles. The van der Waals surface area contributed by atoms with Gasteiger partial charge in [0.15, 0.2) is 0 Å². The van der Waals surface area contributed by atoms with Crippen LogP contribution in [0.1, 0.15) is 31.2 Å². The maximum absolute atomic E-state index is 12.5. The van der Waals surface area contributed by atoms with Gasteiger partial charge in [-0.15, -0.1) is 0 Å². The second-order valence-electron chi connectivity index (χ2n) is 8.14. The first-order chi connectivity index (χ1) is 13.6. The third-order valence-corrected chi connectivity index (χ3v) is 5.96. The van der Waals surface area contributed by atoms with Crippen molar-refractivity contribution in [2.24, 2.45) is 5.92 Å². The number of carbonyl (C=O) groups excluding carboxylic acids is 2. The molecule has 28 heavy (non-hydrogen) atoms. The second-order valence-corrected chi connectivity index (χ2v) is 8.14. The van der Waals surface area contributed by atoms with Crippen LogP contribution in [0.25, 0.3) is 0 Å². The van der Waals surface area contributed by atoms with E-state index in [1.807, 2.05) is 28.0 Å². The van der Waals surface area contributed by atoms with Gasteiger partial charge in [0.2, 0.25) is 5.91 Å². The van der Waals surface area contributed by atoms with E-state index >= 15 is 0 Å². The molecule has 1 atom stereocenters. The second kappa shape index (κ2) is 10.5. The average molecular weight is 387 g/mol. The highest BCUT2D eigenvalue weighted by Crippen LogP contribution is 2.21. The molecule has 0 radical (unpaired) electrons. The van der Waals surface area contributed by atoms with E-state index in [1.165, 1.54) is 5.56 Å². The highest BCUT2D eigenvalue weighted by Gasteiger charge is 2.25. The molecule has 6 heteroatoms. The number of nitrogens with one attached hydrogen (secondary N) is 1. The molecule has 3 rings (SSSR count). The lowest BCUT2D eigenvalue weighted by atomic mass is 9.93. The molecule has 0 bridgehead atoms. The van der Waals surface area contributed by atoms with Gasteiger partial charge in [0.1, 0.15) is 0 Å². The molecule has 2 aliphatic rings. The number of hydrogen-bond acceptors (Lipinski definition) is 3. The molecule has 0 spiro atoms. The van der Waals surface area contributed by atoms with Gasteiger partial charge in [-0.1, -0.05) is 30.3 Å². The number of carbonyl (C=O) groups is 2. The third kappa shape index (κ3) is 6.23. The van der Waals surface area contributed by atoms with Crippen LogP contribution in [0.2, 0.25) is 0 Å². The van der Waals surface area contributed by atoms with Gasteiger partial charge in [-0.3, -0.25) is 4.79 Å². The Balaban J connectivity index is 1.36. The molecule has 0 aromatic heterocycles. The monoisotopic (exact) mass is 386 g/mol. The number of amides is 3. The predicted octanol–water partition coefficient (Wildman–Crippen LogP) is 2.20. The van der Waals surface area contributed by atoms with Crippen LogP contribution in [0.15, 0.2) is 30.3 Å². The van der Waals surface area contributed by atoms with Crippen molar-refractivity contribution in [3.05, 3.63) is 35.9 Å². The molecule has 0 saturated carbocycles. The number of likely N-dealkylation sites (tertiary alicyclic amines) is 1. The van der Waals surface area contributed by atoms with Gasteiger partial charge in [0.05, 0.1) is 0 Å². The number of urea groups is 1. The molecule has 2 fully saturated rings. The first-order valence-electron chi connectivity index (χ1n) is 10.6. The zero-order chi connectivity index (χ0) is 19.8. The summed E-state index contributed by atoms with van der Waals surface area (Å²) in [4.78, 5) is 31.1. The topological polar surface area (TPSA) is 55.9 Å². The summed E-state index contributed by atoms with van der Waals surface area (Å²) in [7, 11) is 2.10. The highest BCUT2D eigenvalue weighted by atomic mass is 16.2. The predicted molar refractivity (Wildman–Crippen MR) is 111 cm³/mol. The van der Waals surface area contributed by atoms with Gasteiger partial charge in [0.25, 0.3) is 0 Å². The van der Waals surface area contributed by atoms with Crippen LogP contribution < -0.4 is 5.32 Å². The Morgan fingerprint density at radius 1 is 1.04 bits per heavy atom. The van der Waals surface area contributed by atoms with Gasteiger partial charge >= 0.3 is 6.03 Å². The Hall–Kier alpha value is -2.08. The Labute approximate surface area is 168 Å². The number of likely N-dealkylation sites (N-methyl/N-ethyl adjacent to an activating group) is 1. The quantitative estimate of drug-likeness (QED) is 0.816. The molecular weight excluding hydrogens is 352 g/mol. The van der Waals surface area contributed by atoms with Crippen LogP contribution in [0.3, 0.4) is 0 Å². The molecule has 2 aliphatic heterocycles. The minimum atomic E-state index is 0.0334. The van der Waals surface area contributed by atoms with Crippen LogP contribution in [-0.4, -0.2) is 79.5 Å². The average Bonchev–Trinajstić information content (AvgIpc) is 2.73. The van der Waals surface area contributed by atoms with E-state index in [9.17, 15) is 9.59 Å². The van der Waals surface area contributed by atoms with Crippen molar-refractivity contribution in [3.63, 3.8) is 0 Å². The molecule has 1 N–H and O–H groups in total. The van der Waals surface area contributed by atoms with E-state index in [0.717, 1.165) is 65.0 Å². The summed E-state index contributed by atoms with van der Waals surface area (Å²) in [5, 5.41) is 3.05. The first-order valence-corrected chi connectivity index (χ1v) is 10.6. The smallest absolute Gasteiger partial charge is 0.317 e. The summed E-state index contributed by atoms with van der Waals surface area (Å²) in [6, 6.07) is 10.3. The van der Waals surface area contributed by atoms with Crippen molar-refractivity contribution in [1.29, 1.82) is 0 Å². The summed E-state index contributed by atoms with van der Waals surface area (Å²) in [6.45, 7) is 5.86. The van der Waals surface area contributed by atoms with Crippen molar-refractivity contribution in [2.45, 2.75) is 32.1 Å². The maximum atomic E-state index is 12.5. The fourth-order valence-electron chi connectivity index (χ4n) is 4.10. The van der Waals surface area contributed by atoms with E-state index < -0.39 is 0 Å². The van der Waals surface area contributed by atoms with Crippen LogP contribution in [-0.2, 0) is 11.2 Å². The van der Waals surface area contributed by atoms with E-state index in [1.54, 1.807) is 0 Å². The number of hydrogen-bond donors (Lipinski definition) is 1. The van der Waals surface area contributed by atoms with Gasteiger partial charge in [0, 0.05) is 52.2 Å². The van der Waals surface area contributed by atoms with Crippen LogP contribution in [0.5, 0.6) is 0 Å². The molecule has 154 valence electrons. The summed E-state index contributed by atoms with van der Waals surface area (Å²) < 4.78 is 0. The summed E-state index contributed by atoms with van der Waals surface area (Å²) in [5.74, 6) is 0.711. The largest absolute Gasteiger partial charge is 0.340 e. The van der Waals surface area contributed by atoms with Gasteiger partial charge < -0.3 is 20.0 Å². The standard InChI is InChI=1S/C22H34N4O2/c1-24-14-16-25(17-15-24)21(27)10-9-20-8-5-13-26(18-20)22(28)23-12-11-19-6-3-2-4-7-19/h2-4,6-7,20H,5,8-18H2,1H3,(H,23,28)/t20-/m0/s1. The number of nitrogens with zero attached hydrogens (tertiary/aromatic N) is 3. The molecule has 2 saturated heterocycles. The zero-order valence-corrected chi connectivity index (χ0v) is 17.1. The minimum absolute atomic E-state index is 0.0334. The lowest BCUT2D eigenvalue weighted by Crippen LogP contribution is -2.48. The first kappa shape index (κ1) is 20.6. The Bertz CT molecular complexity index is 629. The molecule has 1 aromatic rings. The lowest BCUT2D eigenvalue weighted by Gasteiger charge is -2.34. The molecule has 1 aromatic carbocycles. The molecular formula is C22H34N4O2. The molecule has 0 aliphatic carbocycles. The van der Waals surface area contributed by atoms with Crippen molar-refractivity contribution >= 4 is 11.9 Å². The lowest BCUT2D eigenvalue weighted by molar-refractivity contribution is -0.133. The molecule has 6 nitrogen and oxygen atoms in total. The number of piperidine rings is 1. The Morgan fingerprint density at radius 2 is 1.79 bits per heavy atom. The normalized spacial score (nSPS) is 20.8. The number of benzene rings is 1. The fraction of sp³-hybridized carbons (Fsp3) is 0.636. The van der Waals surface area contributed by atoms with Crippen LogP contribution >= 0.6 is 0 Å². The van der Waals surface area contributed by atoms with Crippen molar-refractivity contribution < 1.29 is 9.59 Å². The number of piperazine rings is 1. The SMILES string of the molecule is CN1CCN(C(=O)CC[C@@H]2CCCN(C(=O)NCCc3ccccc3)C2)CC1. The van der Waals surface area contributed by atoms with E-state index in [-0.39, 0.29) is 11.9 Å². The van der Waals surface area contributed by atoms with Crippen molar-refractivity contribution in [1.82, 2.24) is 20.0 Å². The van der Waals surface area contributed by atoms with Crippen LogP contribution in [0, 0.1) is 5.92 Å². The van der Waals surface area contributed by atoms with Crippen molar-refractivity contribution in [3.8, 4) is 0 Å². The van der Waals surface area contributed by atoms with E-state index in [4.69, 9.17) is 0 Å². The van der Waals surface area contributed by atoms with Crippen molar-refractivity contribution in [2.75, 3.05) is 52.9 Å². The minimum Gasteiger partial charge on any atom is -0.340 e. The summed E-state index contributed by atoms with van der Waals surface area (Å²) >= 11 is 0. The summed E-state index contributed by atoms with van der Waals surface area (Å²) in [5.41, 5.74) is 1.24. The zero-order valence-electron chi connectivity index (χ0n) is 17.1. The Kier molecular flexibility index (Phi) is 7.71. The Morgan fingerprint density at radius 3 is 2.54 bits per heavy atom. The van der Waals surface area contributed by atoms with E-state index in [2.05, 4.69) is 29.4 Å². The fourth-order valence-corrected chi connectivity index (χ4v) is 4.10. The molecule has 0 unspecified atom stereocenters. The highest BCUT2D eigenvalue weighted by molar-refractivity contribution is 5.76. The maximum Gasteiger partial charge on any atom is 0.317 e. The third-order valence-electron chi connectivity index (χ3n) is 5.96. The summed E-state index contributed by atoms with van der Waals surface area (Å²) in [6.07, 6.45) is 4.49. The van der Waals surface area contributed by atoms with Gasteiger partial charge in [-0.2, -0.15) is 0 Å². The number of rotatable bonds is 6. The van der Waals surface area contributed by atoms with Gasteiger partial charge in [-0.05, 0) is 44.2 Å². The molecule has 3 amide bonds. The van der Waals surface area contributed by atoms with Gasteiger partial charge in [-0.25, -0.2) is 4.79 Å². The van der Waals surface area contributed by atoms with E-state index in [0.29, 0.717) is 18.9 Å². The van der Waals surface area contributed by atoms with Crippen LogP contribution in [0.4, 0.5) is 4.79 Å².